The molecular formula is C35H67N3O4S. The molecule has 0 saturated carbocycles. The van der Waals surface area contributed by atoms with E-state index in [1.54, 1.807) is 11.8 Å². The van der Waals surface area contributed by atoms with Gasteiger partial charge in [0.1, 0.15) is 0 Å². The number of carbonyl (C=O) groups excluding carboxylic acids is 3. The number of nitrogens with one attached hydrogen (secondary N) is 2. The first-order valence-electron chi connectivity index (χ1n) is 16.0. The van der Waals surface area contributed by atoms with E-state index in [0.29, 0.717) is 6.42 Å². The van der Waals surface area contributed by atoms with Gasteiger partial charge in [0.15, 0.2) is 0 Å². The molecule has 1 heterocycles. The van der Waals surface area contributed by atoms with Crippen LogP contribution in [0.3, 0.4) is 0 Å². The number of carbonyl (C=O) groups is 3. The van der Waals surface area contributed by atoms with Crippen LogP contribution in [0.4, 0.5) is 0 Å². The Morgan fingerprint density at radius 3 is 1.74 bits per heavy atom. The zero-order valence-corrected chi connectivity index (χ0v) is 32.1. The van der Waals surface area contributed by atoms with Crippen molar-refractivity contribution in [3.8, 4) is 0 Å². The number of rotatable bonds is 13. The van der Waals surface area contributed by atoms with E-state index in [1.807, 2.05) is 34.6 Å². The Morgan fingerprint density at radius 2 is 1.30 bits per heavy atom. The van der Waals surface area contributed by atoms with Gasteiger partial charge in [0.2, 0.25) is 17.7 Å². The van der Waals surface area contributed by atoms with Gasteiger partial charge in [0, 0.05) is 22.1 Å². The molecule has 0 radical (unpaired) electrons. The molecule has 1 saturated heterocycles. The summed E-state index contributed by atoms with van der Waals surface area (Å²) in [7, 11) is 0. The molecule has 43 heavy (non-hydrogen) atoms. The largest absolute Gasteiger partial charge is 0.360 e. The molecule has 2 atom stereocenters. The molecule has 8 heteroatoms. The Hall–Kier alpha value is -1.12. The van der Waals surface area contributed by atoms with E-state index < -0.39 is 21.8 Å². The lowest BCUT2D eigenvalue weighted by atomic mass is 9.61. The Labute approximate surface area is 269 Å². The smallest absolute Gasteiger partial charge is 0.243 e. The Bertz CT molecular complexity index is 1030. The summed E-state index contributed by atoms with van der Waals surface area (Å²) in [5.74, 6) is -0.462. The van der Waals surface area contributed by atoms with E-state index in [0.717, 1.165) is 0 Å². The average Bonchev–Trinajstić information content (AvgIpc) is 3.03. The number of likely N-dealkylation sites (tertiary alicyclic amines) is 1. The highest BCUT2D eigenvalue weighted by molar-refractivity contribution is 8.02. The summed E-state index contributed by atoms with van der Waals surface area (Å²) < 4.78 is 6.03. The highest BCUT2D eigenvalue weighted by Crippen LogP contribution is 2.55. The lowest BCUT2D eigenvalue weighted by Crippen LogP contribution is -2.55. The van der Waals surface area contributed by atoms with Crippen LogP contribution in [-0.2, 0) is 19.1 Å². The number of hydrogen-bond donors (Lipinski definition) is 2. The maximum Gasteiger partial charge on any atom is 0.243 e. The van der Waals surface area contributed by atoms with Gasteiger partial charge in [-0.2, -0.15) is 0 Å². The summed E-state index contributed by atoms with van der Waals surface area (Å²) >= 11 is 1.61. The van der Waals surface area contributed by atoms with E-state index >= 15 is 0 Å². The van der Waals surface area contributed by atoms with E-state index in [4.69, 9.17) is 4.74 Å². The molecule has 1 aliphatic heterocycles. The van der Waals surface area contributed by atoms with Crippen LogP contribution in [0.15, 0.2) is 0 Å². The van der Waals surface area contributed by atoms with Gasteiger partial charge in [-0.05, 0) is 62.7 Å². The summed E-state index contributed by atoms with van der Waals surface area (Å²) in [6.45, 7) is 40.5. The van der Waals surface area contributed by atoms with E-state index in [1.165, 1.54) is 4.90 Å². The van der Waals surface area contributed by atoms with Gasteiger partial charge < -0.3 is 10.1 Å². The highest BCUT2D eigenvalue weighted by atomic mass is 32.2. The fourth-order valence-electron chi connectivity index (χ4n) is 5.85. The van der Waals surface area contributed by atoms with Crippen molar-refractivity contribution in [3.63, 3.8) is 0 Å². The average molecular weight is 626 g/mol. The number of ether oxygens (including phenoxy) is 1. The van der Waals surface area contributed by atoms with Crippen LogP contribution < -0.4 is 10.6 Å². The maximum atomic E-state index is 13.7. The third-order valence-electron chi connectivity index (χ3n) is 11.6. The molecule has 0 aromatic rings. The van der Waals surface area contributed by atoms with E-state index in [9.17, 15) is 14.4 Å². The standard InChI is InChI=1S/C35H67N3O4S/c1-23(36-22-42-34(16,17)32(12,13)28(2,3)4)37-27(41)30(8,9)21-31(10,11)38-25(39)20-24(26(38)40)43-35(18,19)33(14,15)29(5,6)7/h23-24,36H,20-22H2,1-19H3,(H,37,41). The molecule has 1 fully saturated rings. The second-order valence-electron chi connectivity index (χ2n) is 18.2. The van der Waals surface area contributed by atoms with E-state index in [-0.39, 0.29) is 63.4 Å². The van der Waals surface area contributed by atoms with Gasteiger partial charge >= 0.3 is 0 Å². The molecule has 7 nitrogen and oxygen atoms in total. The maximum absolute atomic E-state index is 13.7. The fraction of sp³-hybridized carbons (Fsp3) is 0.914. The number of hydrogen-bond acceptors (Lipinski definition) is 6. The van der Waals surface area contributed by atoms with E-state index in [2.05, 4.69) is 108 Å². The summed E-state index contributed by atoms with van der Waals surface area (Å²) in [5.41, 5.74) is -2.17. The number of imide groups is 1. The van der Waals surface area contributed by atoms with Crippen molar-refractivity contribution >= 4 is 29.5 Å². The number of thioether (sulfide) groups is 1. The van der Waals surface area contributed by atoms with Gasteiger partial charge in [0.05, 0.1) is 23.7 Å². The quantitative estimate of drug-likeness (QED) is 0.161. The first kappa shape index (κ1) is 39.9. The minimum atomic E-state index is -0.826. The highest BCUT2D eigenvalue weighted by Gasteiger charge is 2.53. The minimum Gasteiger partial charge on any atom is -0.360 e. The molecule has 0 spiro atoms. The topological polar surface area (TPSA) is 87.7 Å². The third-order valence-corrected chi connectivity index (χ3v) is 13.3. The number of amides is 3. The van der Waals surface area contributed by atoms with Crippen LogP contribution in [0.5, 0.6) is 0 Å². The molecule has 252 valence electrons. The van der Waals surface area contributed by atoms with Crippen LogP contribution >= 0.6 is 11.8 Å². The molecule has 3 amide bonds. The van der Waals surface area contributed by atoms with Crippen LogP contribution in [0.2, 0.25) is 0 Å². The van der Waals surface area contributed by atoms with Crippen molar-refractivity contribution in [2.75, 3.05) is 6.73 Å². The molecule has 2 unspecified atom stereocenters. The molecule has 2 N–H and O–H groups in total. The Kier molecular flexibility index (Phi) is 11.7. The second kappa shape index (κ2) is 12.6. The normalized spacial score (nSPS) is 19.2. The predicted molar refractivity (Wildman–Crippen MR) is 182 cm³/mol. The number of nitrogens with zero attached hydrogens (tertiary/aromatic N) is 1. The summed E-state index contributed by atoms with van der Waals surface area (Å²) in [4.78, 5) is 41.9. The van der Waals surface area contributed by atoms with Crippen LogP contribution in [-0.4, -0.2) is 56.7 Å². The van der Waals surface area contributed by atoms with Gasteiger partial charge in [-0.15, -0.1) is 11.8 Å². The van der Waals surface area contributed by atoms with Crippen molar-refractivity contribution in [1.82, 2.24) is 15.5 Å². The summed E-state index contributed by atoms with van der Waals surface area (Å²) in [5, 5.41) is 5.90. The van der Waals surface area contributed by atoms with Crippen molar-refractivity contribution in [1.29, 1.82) is 0 Å². The van der Waals surface area contributed by atoms with Crippen molar-refractivity contribution in [2.24, 2.45) is 27.1 Å². The molecule has 0 aromatic carbocycles. The fourth-order valence-corrected chi connectivity index (χ4v) is 7.60. The van der Waals surface area contributed by atoms with Gasteiger partial charge in [0.25, 0.3) is 0 Å². The van der Waals surface area contributed by atoms with Crippen molar-refractivity contribution < 1.29 is 19.1 Å². The minimum absolute atomic E-state index is 0.0167. The molecule has 1 aliphatic rings. The summed E-state index contributed by atoms with van der Waals surface area (Å²) in [6.07, 6.45) is 0.202. The molecule has 0 aromatic heterocycles. The zero-order valence-electron chi connectivity index (χ0n) is 31.3. The van der Waals surface area contributed by atoms with Gasteiger partial charge in [-0.3, -0.25) is 24.6 Å². The predicted octanol–water partition coefficient (Wildman–Crippen LogP) is 7.77. The SMILES string of the molecule is CC(NCOC(C)(C)C(C)(C)C(C)(C)C)NC(=O)C(C)(C)CC(C)(C)N1C(=O)CC(SC(C)(C)C(C)(C)C(C)(C)C)C1=O. The molecular weight excluding hydrogens is 558 g/mol. The lowest BCUT2D eigenvalue weighted by Gasteiger charge is -2.51. The van der Waals surface area contributed by atoms with Crippen LogP contribution in [0.25, 0.3) is 0 Å². The van der Waals surface area contributed by atoms with Crippen LogP contribution in [0, 0.1) is 27.1 Å². The summed E-state index contributed by atoms with van der Waals surface area (Å²) in [6, 6.07) is 0. The molecule has 1 rings (SSSR count). The Morgan fingerprint density at radius 1 is 0.837 bits per heavy atom. The first-order valence-corrected chi connectivity index (χ1v) is 16.9. The molecule has 0 aliphatic carbocycles. The lowest BCUT2D eigenvalue weighted by molar-refractivity contribution is -0.149. The second-order valence-corrected chi connectivity index (χ2v) is 20.0. The van der Waals surface area contributed by atoms with Gasteiger partial charge in [-0.1, -0.05) is 96.9 Å². The van der Waals surface area contributed by atoms with Crippen molar-refractivity contribution in [3.05, 3.63) is 0 Å². The third kappa shape index (κ3) is 8.58. The zero-order chi connectivity index (χ0) is 34.4. The van der Waals surface area contributed by atoms with Crippen molar-refractivity contribution in [2.45, 2.75) is 172 Å². The first-order chi connectivity index (χ1) is 18.8. The molecule has 0 bridgehead atoms. The Balaban J connectivity index is 2.91. The monoisotopic (exact) mass is 625 g/mol. The van der Waals surface area contributed by atoms with Crippen LogP contribution in [0.1, 0.15) is 144 Å². The van der Waals surface area contributed by atoms with Gasteiger partial charge in [-0.25, -0.2) is 0 Å².